The second-order valence-electron chi connectivity index (χ2n) is 6.26. The molecule has 0 aliphatic heterocycles. The topological polar surface area (TPSA) is 66.8 Å². The van der Waals surface area contributed by atoms with E-state index in [1.165, 1.54) is 19.1 Å². The van der Waals surface area contributed by atoms with E-state index in [2.05, 4.69) is 33.9 Å². The summed E-state index contributed by atoms with van der Waals surface area (Å²) in [5.41, 5.74) is -0.0671. The Hall–Kier alpha value is -1.49. The molecule has 0 aromatic heterocycles. The molecule has 5 heteroatoms. The molecule has 0 saturated heterocycles. The molecular weight excluding hydrogens is 260 g/mol. The highest BCUT2D eigenvalue weighted by Gasteiger charge is 2.39. The number of ketones is 1. The minimum Gasteiger partial charge on any atom is -0.543 e. The van der Waals surface area contributed by atoms with Crippen LogP contribution in [0, 0.1) is 0 Å². The monoisotopic (exact) mass is 282 g/mol. The van der Waals surface area contributed by atoms with Crippen molar-refractivity contribution >= 4 is 14.1 Å². The Morgan fingerprint density at radius 1 is 1.16 bits per heavy atom. The lowest BCUT2D eigenvalue weighted by Gasteiger charge is -2.36. The van der Waals surface area contributed by atoms with Crippen LogP contribution in [0.3, 0.4) is 0 Å². The van der Waals surface area contributed by atoms with Gasteiger partial charge in [-0.1, -0.05) is 20.8 Å². The highest BCUT2D eigenvalue weighted by molar-refractivity contribution is 6.74. The Bertz CT molecular complexity index is 478. The molecule has 0 saturated carbocycles. The molecule has 0 bridgehead atoms. The third-order valence-electron chi connectivity index (χ3n) is 3.60. The second-order valence-corrected chi connectivity index (χ2v) is 11.0. The fraction of sp³-hybridized carbons (Fsp3) is 0.500. The van der Waals surface area contributed by atoms with E-state index in [0.29, 0.717) is 5.75 Å². The predicted molar refractivity (Wildman–Crippen MR) is 77.6 cm³/mol. The molecule has 0 aliphatic rings. The molecule has 106 valence electrons. The van der Waals surface area contributed by atoms with Gasteiger partial charge in [-0.15, -0.1) is 0 Å². The number of hydrogen-bond acceptors (Lipinski definition) is 4. The van der Waals surface area contributed by atoms with Crippen LogP contribution < -0.4 is 4.43 Å². The Balaban J connectivity index is 3.16. The van der Waals surface area contributed by atoms with E-state index < -0.39 is 8.32 Å². The van der Waals surface area contributed by atoms with Crippen LogP contribution >= 0.6 is 0 Å². The molecule has 1 rings (SSSR count). The average Bonchev–Trinajstić information content (AvgIpc) is 2.12. The van der Waals surface area contributed by atoms with E-state index in [1.807, 2.05) is 0 Å². The minimum atomic E-state index is -2.04. The average molecular weight is 282 g/mol. The Morgan fingerprint density at radius 2 is 1.58 bits per heavy atom. The van der Waals surface area contributed by atoms with Crippen molar-refractivity contribution in [2.75, 3.05) is 0 Å². The van der Waals surface area contributed by atoms with Gasteiger partial charge in [0.1, 0.15) is 22.8 Å². The van der Waals surface area contributed by atoms with Crippen molar-refractivity contribution in [2.24, 2.45) is 0 Å². The molecule has 0 amide bonds. The largest absolute Gasteiger partial charge is 0.543 e. The highest BCUT2D eigenvalue weighted by Crippen LogP contribution is 2.40. The molecule has 1 aromatic rings. The summed E-state index contributed by atoms with van der Waals surface area (Å²) in [6, 6.07) is 2.77. The van der Waals surface area contributed by atoms with Crippen LogP contribution in [0.4, 0.5) is 0 Å². The SMILES string of the molecule is CC(=O)c1c(O)cc(O[Si](C)(C)C(C)(C)C)cc1O. The van der Waals surface area contributed by atoms with Crippen molar-refractivity contribution in [1.82, 2.24) is 0 Å². The normalized spacial score (nSPS) is 12.3. The summed E-state index contributed by atoms with van der Waals surface area (Å²) in [5, 5.41) is 19.6. The summed E-state index contributed by atoms with van der Waals surface area (Å²) < 4.78 is 5.97. The molecule has 4 nitrogen and oxygen atoms in total. The fourth-order valence-electron chi connectivity index (χ4n) is 1.45. The maximum atomic E-state index is 11.3. The van der Waals surface area contributed by atoms with Gasteiger partial charge in [0.2, 0.25) is 8.32 Å². The van der Waals surface area contributed by atoms with Gasteiger partial charge in [0, 0.05) is 12.1 Å². The molecule has 0 atom stereocenters. The number of phenols is 2. The van der Waals surface area contributed by atoms with Crippen LogP contribution in [0.1, 0.15) is 38.1 Å². The van der Waals surface area contributed by atoms with E-state index in [0.717, 1.165) is 0 Å². The standard InChI is InChI=1S/C14H22O4Si/c1-9(15)13-11(16)7-10(8-12(13)17)18-19(5,6)14(2,3)4/h7-8,16-17H,1-6H3. The van der Waals surface area contributed by atoms with Crippen molar-refractivity contribution in [3.05, 3.63) is 17.7 Å². The lowest BCUT2D eigenvalue weighted by molar-refractivity contribution is 0.101. The quantitative estimate of drug-likeness (QED) is 0.655. The molecule has 0 aliphatic carbocycles. The molecule has 1 aromatic carbocycles. The smallest absolute Gasteiger partial charge is 0.250 e. The van der Waals surface area contributed by atoms with Gasteiger partial charge < -0.3 is 14.6 Å². The highest BCUT2D eigenvalue weighted by atomic mass is 28.4. The molecular formula is C14H22O4Si. The maximum Gasteiger partial charge on any atom is 0.250 e. The number of Topliss-reactive ketones (excluding diaryl/α,β-unsaturated/α-hetero) is 1. The lowest BCUT2D eigenvalue weighted by atomic mass is 10.1. The summed E-state index contributed by atoms with van der Waals surface area (Å²) >= 11 is 0. The molecule has 0 heterocycles. The Kier molecular flexibility index (Phi) is 4.00. The Labute approximate surface area is 115 Å². The van der Waals surface area contributed by atoms with Gasteiger partial charge in [-0.3, -0.25) is 4.79 Å². The summed E-state index contributed by atoms with van der Waals surface area (Å²) in [6.45, 7) is 11.7. The molecule has 0 radical (unpaired) electrons. The van der Waals surface area contributed by atoms with Crippen LogP contribution in [-0.2, 0) is 0 Å². The molecule has 19 heavy (non-hydrogen) atoms. The number of hydrogen-bond donors (Lipinski definition) is 2. The van der Waals surface area contributed by atoms with E-state index in [1.54, 1.807) is 0 Å². The van der Waals surface area contributed by atoms with Gasteiger partial charge in [-0.2, -0.15) is 0 Å². The summed E-state index contributed by atoms with van der Waals surface area (Å²) in [4.78, 5) is 11.3. The third kappa shape index (κ3) is 3.29. The van der Waals surface area contributed by atoms with Crippen LogP contribution in [0.15, 0.2) is 12.1 Å². The van der Waals surface area contributed by atoms with E-state index >= 15 is 0 Å². The van der Waals surface area contributed by atoms with Gasteiger partial charge in [0.15, 0.2) is 5.78 Å². The predicted octanol–water partition coefficient (Wildman–Crippen LogP) is 3.68. The fourth-order valence-corrected chi connectivity index (χ4v) is 2.47. The molecule has 0 fully saturated rings. The van der Waals surface area contributed by atoms with Gasteiger partial charge in [0.25, 0.3) is 0 Å². The van der Waals surface area contributed by atoms with Gasteiger partial charge in [-0.25, -0.2) is 0 Å². The number of rotatable bonds is 3. The van der Waals surface area contributed by atoms with Crippen molar-refractivity contribution < 1.29 is 19.4 Å². The van der Waals surface area contributed by atoms with Crippen LogP contribution in [-0.4, -0.2) is 24.3 Å². The van der Waals surface area contributed by atoms with E-state index in [-0.39, 0.29) is 27.9 Å². The lowest BCUT2D eigenvalue weighted by Crippen LogP contribution is -2.43. The van der Waals surface area contributed by atoms with E-state index in [9.17, 15) is 15.0 Å². The zero-order valence-electron chi connectivity index (χ0n) is 12.4. The number of phenolic OH excluding ortho intramolecular Hbond substituents is 2. The first-order valence-electron chi connectivity index (χ1n) is 6.21. The molecule has 2 N–H and O–H groups in total. The molecule has 0 unspecified atom stereocenters. The summed E-state index contributed by atoms with van der Waals surface area (Å²) in [6.07, 6.45) is 0. The van der Waals surface area contributed by atoms with E-state index in [4.69, 9.17) is 4.43 Å². The van der Waals surface area contributed by atoms with Gasteiger partial charge in [-0.05, 0) is 25.1 Å². The first-order chi connectivity index (χ1) is 8.45. The van der Waals surface area contributed by atoms with Crippen molar-refractivity contribution in [1.29, 1.82) is 0 Å². The van der Waals surface area contributed by atoms with Crippen molar-refractivity contribution in [3.8, 4) is 17.2 Å². The maximum absolute atomic E-state index is 11.3. The van der Waals surface area contributed by atoms with Crippen molar-refractivity contribution in [3.63, 3.8) is 0 Å². The van der Waals surface area contributed by atoms with Crippen LogP contribution in [0.25, 0.3) is 0 Å². The zero-order valence-corrected chi connectivity index (χ0v) is 13.4. The Morgan fingerprint density at radius 3 is 1.89 bits per heavy atom. The summed E-state index contributed by atoms with van der Waals surface area (Å²) in [7, 11) is -2.04. The van der Waals surface area contributed by atoms with Crippen LogP contribution in [0.2, 0.25) is 18.1 Å². The zero-order chi connectivity index (χ0) is 15.0. The number of carbonyl (C=O) groups excluding carboxylic acids is 1. The van der Waals surface area contributed by atoms with Gasteiger partial charge in [0.05, 0.1) is 0 Å². The summed E-state index contributed by atoms with van der Waals surface area (Å²) in [5.74, 6) is -0.483. The third-order valence-corrected chi connectivity index (χ3v) is 7.96. The second kappa shape index (κ2) is 4.88. The minimum absolute atomic E-state index is 0.0114. The first-order valence-corrected chi connectivity index (χ1v) is 9.12. The number of aromatic hydroxyl groups is 2. The molecule has 0 spiro atoms. The number of carbonyl (C=O) groups is 1. The number of benzene rings is 1. The first kappa shape index (κ1) is 15.6. The van der Waals surface area contributed by atoms with Crippen LogP contribution in [0.5, 0.6) is 17.2 Å². The van der Waals surface area contributed by atoms with Crippen molar-refractivity contribution in [2.45, 2.75) is 45.8 Å². The van der Waals surface area contributed by atoms with Gasteiger partial charge >= 0.3 is 0 Å².